The molecule has 0 aliphatic carbocycles. The van der Waals surface area contributed by atoms with Crippen molar-refractivity contribution in [3.63, 3.8) is 0 Å². The Hall–Kier alpha value is -2.64. The van der Waals surface area contributed by atoms with Gasteiger partial charge in [-0.3, -0.25) is 9.69 Å². The van der Waals surface area contributed by atoms with Gasteiger partial charge in [0.1, 0.15) is 11.6 Å². The van der Waals surface area contributed by atoms with Gasteiger partial charge in [-0.15, -0.1) is 0 Å². The highest BCUT2D eigenvalue weighted by Gasteiger charge is 2.23. The molecule has 0 saturated carbocycles. The number of amides is 1. The zero-order chi connectivity index (χ0) is 21.8. The average Bonchev–Trinajstić information content (AvgIpc) is 3.32. The molecule has 0 N–H and O–H groups in total. The third-order valence-electron chi connectivity index (χ3n) is 6.87. The highest BCUT2D eigenvalue weighted by atomic mass is 16.5. The summed E-state index contributed by atoms with van der Waals surface area (Å²) in [7, 11) is 0. The molecule has 0 bridgehead atoms. The molecule has 2 fully saturated rings. The number of carbonyl (C=O) groups excluding carboxylic acids is 1. The second-order valence-corrected chi connectivity index (χ2v) is 8.96. The van der Waals surface area contributed by atoms with Crippen LogP contribution in [0.1, 0.15) is 17.5 Å². The van der Waals surface area contributed by atoms with E-state index in [1.165, 1.54) is 11.1 Å². The van der Waals surface area contributed by atoms with Crippen LogP contribution >= 0.6 is 0 Å². The SMILES string of the molecule is O=C(CCN1CCN(Cc2ccc3c(c2)CCO3)CC1)N1CCN(c2ccccn2)CC1. The Morgan fingerprint density at radius 3 is 2.53 bits per heavy atom. The first kappa shape index (κ1) is 21.2. The van der Waals surface area contributed by atoms with E-state index in [1.54, 1.807) is 0 Å². The lowest BCUT2D eigenvalue weighted by Crippen LogP contribution is -2.50. The van der Waals surface area contributed by atoms with Crippen molar-refractivity contribution in [2.45, 2.75) is 19.4 Å². The maximum absolute atomic E-state index is 12.7. The number of pyridine rings is 1. The fraction of sp³-hybridized carbons (Fsp3) is 0.520. The van der Waals surface area contributed by atoms with Crippen LogP contribution in [-0.2, 0) is 17.8 Å². The fourth-order valence-electron chi connectivity index (χ4n) is 4.91. The molecule has 0 atom stereocenters. The number of benzene rings is 1. The zero-order valence-corrected chi connectivity index (χ0v) is 18.8. The molecule has 7 heteroatoms. The number of fused-ring (bicyclic) bond motifs is 1. The zero-order valence-electron chi connectivity index (χ0n) is 18.8. The van der Waals surface area contributed by atoms with Crippen molar-refractivity contribution in [2.24, 2.45) is 0 Å². The summed E-state index contributed by atoms with van der Waals surface area (Å²) in [5.41, 5.74) is 2.73. The van der Waals surface area contributed by atoms with Gasteiger partial charge in [0.05, 0.1) is 6.61 Å². The summed E-state index contributed by atoms with van der Waals surface area (Å²) in [6, 6.07) is 12.6. The smallest absolute Gasteiger partial charge is 0.223 e. The van der Waals surface area contributed by atoms with E-state index < -0.39 is 0 Å². The van der Waals surface area contributed by atoms with E-state index in [0.29, 0.717) is 6.42 Å². The first-order chi connectivity index (χ1) is 15.7. The first-order valence-electron chi connectivity index (χ1n) is 11.9. The Labute approximate surface area is 190 Å². The molecule has 170 valence electrons. The van der Waals surface area contributed by atoms with Gasteiger partial charge in [0, 0.05) is 84.5 Å². The van der Waals surface area contributed by atoms with Crippen LogP contribution in [0.25, 0.3) is 0 Å². The lowest BCUT2D eigenvalue weighted by atomic mass is 10.1. The molecule has 5 rings (SSSR count). The van der Waals surface area contributed by atoms with Gasteiger partial charge in [0.25, 0.3) is 0 Å². The van der Waals surface area contributed by atoms with Crippen molar-refractivity contribution >= 4 is 11.7 Å². The molecule has 3 aliphatic rings. The second kappa shape index (κ2) is 9.88. The van der Waals surface area contributed by atoms with Crippen molar-refractivity contribution in [2.75, 3.05) is 70.4 Å². The summed E-state index contributed by atoms with van der Waals surface area (Å²) in [6.45, 7) is 10.2. The molecule has 0 spiro atoms. The molecule has 1 aromatic heterocycles. The van der Waals surface area contributed by atoms with Crippen molar-refractivity contribution in [3.05, 3.63) is 53.7 Å². The fourth-order valence-corrected chi connectivity index (χ4v) is 4.91. The number of piperazine rings is 2. The van der Waals surface area contributed by atoms with Crippen LogP contribution in [0.2, 0.25) is 0 Å². The molecule has 3 aliphatic heterocycles. The molecule has 32 heavy (non-hydrogen) atoms. The number of carbonyl (C=O) groups is 1. The minimum Gasteiger partial charge on any atom is -0.493 e. The highest BCUT2D eigenvalue weighted by Crippen LogP contribution is 2.26. The predicted octanol–water partition coefficient (Wildman–Crippen LogP) is 1.87. The minimum absolute atomic E-state index is 0.286. The normalized spacial score (nSPS) is 19.6. The van der Waals surface area contributed by atoms with E-state index >= 15 is 0 Å². The van der Waals surface area contributed by atoms with Crippen LogP contribution in [0.3, 0.4) is 0 Å². The number of hydrogen-bond acceptors (Lipinski definition) is 6. The highest BCUT2D eigenvalue weighted by molar-refractivity contribution is 5.76. The summed E-state index contributed by atoms with van der Waals surface area (Å²) in [5, 5.41) is 0. The summed E-state index contributed by atoms with van der Waals surface area (Å²) >= 11 is 0. The van der Waals surface area contributed by atoms with Crippen LogP contribution in [0.5, 0.6) is 5.75 Å². The van der Waals surface area contributed by atoms with E-state index in [0.717, 1.165) is 90.0 Å². The van der Waals surface area contributed by atoms with Gasteiger partial charge in [-0.2, -0.15) is 0 Å². The number of hydrogen-bond donors (Lipinski definition) is 0. The van der Waals surface area contributed by atoms with Crippen molar-refractivity contribution in [1.82, 2.24) is 19.7 Å². The molecule has 4 heterocycles. The maximum Gasteiger partial charge on any atom is 0.223 e. The number of anilines is 1. The molecular weight excluding hydrogens is 402 g/mol. The Morgan fingerprint density at radius 1 is 0.938 bits per heavy atom. The Morgan fingerprint density at radius 2 is 1.75 bits per heavy atom. The molecule has 0 unspecified atom stereocenters. The monoisotopic (exact) mass is 435 g/mol. The third kappa shape index (κ3) is 5.05. The van der Waals surface area contributed by atoms with Gasteiger partial charge in [-0.25, -0.2) is 4.98 Å². The van der Waals surface area contributed by atoms with Crippen molar-refractivity contribution in [1.29, 1.82) is 0 Å². The average molecular weight is 436 g/mol. The summed E-state index contributed by atoms with van der Waals surface area (Å²) in [6.07, 6.45) is 3.48. The standard InChI is InChI=1S/C25H33N5O2/c31-25(30-16-14-29(15-17-30)24-3-1-2-8-26-24)6-9-27-10-12-28(13-11-27)20-21-4-5-23-22(19-21)7-18-32-23/h1-5,8,19H,6-7,9-18,20H2. The van der Waals surface area contributed by atoms with E-state index in [-0.39, 0.29) is 5.91 Å². The predicted molar refractivity (Wildman–Crippen MR) is 125 cm³/mol. The lowest BCUT2D eigenvalue weighted by molar-refractivity contribution is -0.131. The van der Waals surface area contributed by atoms with Gasteiger partial charge in [-0.05, 0) is 29.3 Å². The number of nitrogens with zero attached hydrogens (tertiary/aromatic N) is 5. The quantitative estimate of drug-likeness (QED) is 0.691. The lowest BCUT2D eigenvalue weighted by Gasteiger charge is -2.37. The molecule has 2 saturated heterocycles. The summed E-state index contributed by atoms with van der Waals surface area (Å²) < 4.78 is 5.62. The molecular formula is C25H33N5O2. The first-order valence-corrected chi connectivity index (χ1v) is 11.9. The van der Waals surface area contributed by atoms with Crippen molar-refractivity contribution in [3.8, 4) is 5.75 Å². The van der Waals surface area contributed by atoms with Gasteiger partial charge in [0.15, 0.2) is 0 Å². The van der Waals surface area contributed by atoms with Crippen LogP contribution in [-0.4, -0.2) is 91.1 Å². The Bertz CT molecular complexity index is 906. The molecule has 0 radical (unpaired) electrons. The van der Waals surface area contributed by atoms with E-state index in [1.807, 2.05) is 29.3 Å². The minimum atomic E-state index is 0.286. The third-order valence-corrected chi connectivity index (χ3v) is 6.87. The summed E-state index contributed by atoms with van der Waals surface area (Å²) in [4.78, 5) is 26.4. The van der Waals surface area contributed by atoms with Gasteiger partial charge in [-0.1, -0.05) is 18.2 Å². The van der Waals surface area contributed by atoms with Crippen LogP contribution in [0, 0.1) is 0 Å². The van der Waals surface area contributed by atoms with Crippen LogP contribution < -0.4 is 9.64 Å². The molecule has 1 aromatic carbocycles. The van der Waals surface area contributed by atoms with E-state index in [2.05, 4.69) is 37.9 Å². The van der Waals surface area contributed by atoms with Crippen LogP contribution in [0.15, 0.2) is 42.6 Å². The number of aromatic nitrogens is 1. The van der Waals surface area contributed by atoms with Gasteiger partial charge < -0.3 is 19.4 Å². The summed E-state index contributed by atoms with van der Waals surface area (Å²) in [5.74, 6) is 2.35. The van der Waals surface area contributed by atoms with Crippen molar-refractivity contribution < 1.29 is 9.53 Å². The van der Waals surface area contributed by atoms with Gasteiger partial charge in [0.2, 0.25) is 5.91 Å². The second-order valence-electron chi connectivity index (χ2n) is 8.96. The Balaban J connectivity index is 1.01. The Kier molecular flexibility index (Phi) is 6.55. The number of rotatable bonds is 6. The van der Waals surface area contributed by atoms with E-state index in [4.69, 9.17) is 4.74 Å². The van der Waals surface area contributed by atoms with Gasteiger partial charge >= 0.3 is 0 Å². The van der Waals surface area contributed by atoms with Crippen LogP contribution in [0.4, 0.5) is 5.82 Å². The molecule has 1 amide bonds. The molecule has 2 aromatic rings. The molecule has 7 nitrogen and oxygen atoms in total. The van der Waals surface area contributed by atoms with E-state index in [9.17, 15) is 4.79 Å². The maximum atomic E-state index is 12.7. The largest absolute Gasteiger partial charge is 0.493 e. The topological polar surface area (TPSA) is 52.2 Å². The number of ether oxygens (including phenoxy) is 1.